The molecule has 0 aromatic heterocycles. The predicted molar refractivity (Wildman–Crippen MR) is 105 cm³/mol. The standard InChI is InChI=1S/C20H27N3O3.ClH/c24-19-17-7-5-13-22(17)20(25)23(19)12-4-3-11-21-14-16-10-9-15-6-1-2-8-18(15)26-16;/h1-2,6,8,16-17,21H,3-5,7,9-14H2;1H. The molecule has 27 heavy (non-hydrogen) atoms. The van der Waals surface area contributed by atoms with E-state index < -0.39 is 0 Å². The molecule has 1 aromatic rings. The number of ether oxygens (including phenoxy) is 1. The Kier molecular flexibility index (Phi) is 6.60. The summed E-state index contributed by atoms with van der Waals surface area (Å²) in [6.45, 7) is 2.99. The van der Waals surface area contributed by atoms with Crippen LogP contribution < -0.4 is 10.1 Å². The minimum atomic E-state index is -0.174. The minimum Gasteiger partial charge on any atom is -0.489 e. The van der Waals surface area contributed by atoms with Gasteiger partial charge in [-0.15, -0.1) is 12.4 Å². The SMILES string of the molecule is Cl.O=C1C2CCCN2C(=O)N1CCCCNCC1CCc2ccccc2O1. The lowest BCUT2D eigenvalue weighted by molar-refractivity contribution is -0.128. The van der Waals surface area contributed by atoms with Crippen LogP contribution in [0.25, 0.3) is 0 Å². The summed E-state index contributed by atoms with van der Waals surface area (Å²) in [7, 11) is 0. The fourth-order valence-corrected chi connectivity index (χ4v) is 4.19. The Hall–Kier alpha value is -1.79. The number of urea groups is 1. The van der Waals surface area contributed by atoms with E-state index in [1.165, 1.54) is 10.5 Å². The fourth-order valence-electron chi connectivity index (χ4n) is 4.19. The highest BCUT2D eigenvalue weighted by molar-refractivity contribution is 6.04. The van der Waals surface area contributed by atoms with Gasteiger partial charge in [-0.2, -0.15) is 0 Å². The minimum absolute atomic E-state index is 0. The monoisotopic (exact) mass is 393 g/mol. The quantitative estimate of drug-likeness (QED) is 0.571. The highest BCUT2D eigenvalue weighted by Gasteiger charge is 2.46. The number of aryl methyl sites for hydroxylation is 1. The van der Waals surface area contributed by atoms with Gasteiger partial charge in [-0.05, 0) is 56.7 Å². The van der Waals surface area contributed by atoms with Crippen LogP contribution in [0.3, 0.4) is 0 Å². The lowest BCUT2D eigenvalue weighted by atomic mass is 10.0. The van der Waals surface area contributed by atoms with Crippen LogP contribution in [0.1, 0.15) is 37.7 Å². The first-order valence-corrected chi connectivity index (χ1v) is 9.81. The van der Waals surface area contributed by atoms with Crippen molar-refractivity contribution in [2.75, 3.05) is 26.2 Å². The molecule has 3 aliphatic rings. The molecular weight excluding hydrogens is 366 g/mol. The van der Waals surface area contributed by atoms with E-state index in [-0.39, 0.29) is 36.5 Å². The number of hydrogen-bond donors (Lipinski definition) is 1. The molecule has 0 saturated carbocycles. The van der Waals surface area contributed by atoms with Crippen LogP contribution in [0.2, 0.25) is 0 Å². The van der Waals surface area contributed by atoms with E-state index in [0.717, 1.165) is 63.9 Å². The number of imide groups is 1. The number of benzene rings is 1. The van der Waals surface area contributed by atoms with Crippen molar-refractivity contribution in [3.63, 3.8) is 0 Å². The van der Waals surface area contributed by atoms with Gasteiger partial charge < -0.3 is 15.0 Å². The van der Waals surface area contributed by atoms with Gasteiger partial charge in [-0.3, -0.25) is 9.69 Å². The van der Waals surface area contributed by atoms with E-state index >= 15 is 0 Å². The number of fused-ring (bicyclic) bond motifs is 2. The molecular formula is C20H28ClN3O3. The van der Waals surface area contributed by atoms with Crippen LogP contribution in [-0.4, -0.2) is 60.1 Å². The van der Waals surface area contributed by atoms with Gasteiger partial charge in [-0.1, -0.05) is 18.2 Å². The number of nitrogens with one attached hydrogen (secondary N) is 1. The zero-order valence-corrected chi connectivity index (χ0v) is 16.4. The molecule has 3 heterocycles. The summed E-state index contributed by atoms with van der Waals surface area (Å²) in [5.41, 5.74) is 1.30. The normalized spacial score (nSPS) is 23.7. The zero-order valence-electron chi connectivity index (χ0n) is 15.6. The van der Waals surface area contributed by atoms with E-state index in [4.69, 9.17) is 4.74 Å². The molecule has 0 radical (unpaired) electrons. The molecule has 0 aliphatic carbocycles. The van der Waals surface area contributed by atoms with E-state index in [1.807, 2.05) is 12.1 Å². The molecule has 148 valence electrons. The van der Waals surface area contributed by atoms with Crippen LogP contribution in [0.5, 0.6) is 5.75 Å². The summed E-state index contributed by atoms with van der Waals surface area (Å²) in [6.07, 6.45) is 5.90. The molecule has 0 spiro atoms. The van der Waals surface area contributed by atoms with Crippen molar-refractivity contribution in [1.82, 2.24) is 15.1 Å². The number of nitrogens with zero attached hydrogens (tertiary/aromatic N) is 2. The van der Waals surface area contributed by atoms with E-state index in [9.17, 15) is 9.59 Å². The van der Waals surface area contributed by atoms with Crippen molar-refractivity contribution in [3.05, 3.63) is 29.8 Å². The Morgan fingerprint density at radius 3 is 2.85 bits per heavy atom. The lowest BCUT2D eigenvalue weighted by Crippen LogP contribution is -2.36. The van der Waals surface area contributed by atoms with Crippen molar-refractivity contribution in [1.29, 1.82) is 0 Å². The molecule has 2 fully saturated rings. The Morgan fingerprint density at radius 2 is 2.00 bits per heavy atom. The summed E-state index contributed by atoms with van der Waals surface area (Å²) in [4.78, 5) is 27.7. The molecule has 4 rings (SSSR count). The summed E-state index contributed by atoms with van der Waals surface area (Å²) in [5, 5.41) is 3.45. The molecule has 3 amide bonds. The largest absolute Gasteiger partial charge is 0.489 e. The summed E-state index contributed by atoms with van der Waals surface area (Å²) >= 11 is 0. The molecule has 6 nitrogen and oxygen atoms in total. The maximum Gasteiger partial charge on any atom is 0.327 e. The molecule has 2 unspecified atom stereocenters. The summed E-state index contributed by atoms with van der Waals surface area (Å²) in [5.74, 6) is 1.02. The van der Waals surface area contributed by atoms with Crippen LogP contribution in [-0.2, 0) is 11.2 Å². The van der Waals surface area contributed by atoms with Gasteiger partial charge >= 0.3 is 6.03 Å². The maximum atomic E-state index is 12.3. The third-order valence-electron chi connectivity index (χ3n) is 5.64. The first-order chi connectivity index (χ1) is 12.7. The number of amides is 3. The second-order valence-corrected chi connectivity index (χ2v) is 7.42. The van der Waals surface area contributed by atoms with E-state index in [2.05, 4.69) is 17.4 Å². The molecule has 2 saturated heterocycles. The first-order valence-electron chi connectivity index (χ1n) is 9.81. The van der Waals surface area contributed by atoms with Crippen LogP contribution in [0.4, 0.5) is 4.79 Å². The number of carbonyl (C=O) groups excluding carboxylic acids is 2. The highest BCUT2D eigenvalue weighted by atomic mass is 35.5. The molecule has 2 atom stereocenters. The fraction of sp³-hybridized carbons (Fsp3) is 0.600. The summed E-state index contributed by atoms with van der Waals surface area (Å²) < 4.78 is 6.02. The van der Waals surface area contributed by atoms with Gasteiger partial charge in [0.05, 0.1) is 0 Å². The third kappa shape index (κ3) is 4.22. The zero-order chi connectivity index (χ0) is 17.9. The van der Waals surface area contributed by atoms with Gasteiger partial charge in [0.2, 0.25) is 0 Å². The van der Waals surface area contributed by atoms with Crippen LogP contribution in [0, 0.1) is 0 Å². The van der Waals surface area contributed by atoms with Crippen molar-refractivity contribution in [3.8, 4) is 5.75 Å². The van der Waals surface area contributed by atoms with Gasteiger partial charge in [0.15, 0.2) is 0 Å². The van der Waals surface area contributed by atoms with Crippen molar-refractivity contribution >= 4 is 24.3 Å². The average molecular weight is 394 g/mol. The summed E-state index contributed by atoms with van der Waals surface area (Å²) in [6, 6.07) is 7.98. The number of carbonyl (C=O) groups is 2. The number of unbranched alkanes of at least 4 members (excludes halogenated alkanes) is 1. The molecule has 7 heteroatoms. The van der Waals surface area contributed by atoms with Crippen molar-refractivity contribution < 1.29 is 14.3 Å². The topological polar surface area (TPSA) is 61.9 Å². The second kappa shape index (κ2) is 8.93. The average Bonchev–Trinajstić information content (AvgIpc) is 3.23. The lowest BCUT2D eigenvalue weighted by Gasteiger charge is -2.26. The first kappa shape index (κ1) is 20.0. The molecule has 0 bridgehead atoms. The van der Waals surface area contributed by atoms with E-state index in [1.54, 1.807) is 4.90 Å². The molecule has 3 aliphatic heterocycles. The van der Waals surface area contributed by atoms with Gasteiger partial charge in [-0.25, -0.2) is 4.79 Å². The second-order valence-electron chi connectivity index (χ2n) is 7.42. The van der Waals surface area contributed by atoms with Crippen LogP contribution >= 0.6 is 12.4 Å². The third-order valence-corrected chi connectivity index (χ3v) is 5.64. The van der Waals surface area contributed by atoms with Crippen molar-refractivity contribution in [2.45, 2.75) is 50.7 Å². The number of hydrogen-bond acceptors (Lipinski definition) is 4. The molecule has 1 N–H and O–H groups in total. The number of halogens is 1. The van der Waals surface area contributed by atoms with Gasteiger partial charge in [0.1, 0.15) is 17.9 Å². The van der Waals surface area contributed by atoms with Crippen molar-refractivity contribution in [2.24, 2.45) is 0 Å². The Morgan fingerprint density at radius 1 is 1.15 bits per heavy atom. The number of rotatable bonds is 7. The van der Waals surface area contributed by atoms with Gasteiger partial charge in [0.25, 0.3) is 5.91 Å². The molecule has 1 aromatic carbocycles. The van der Waals surface area contributed by atoms with Crippen LogP contribution in [0.15, 0.2) is 24.3 Å². The Labute approximate surface area is 166 Å². The Bertz CT molecular complexity index is 662. The predicted octanol–water partition coefficient (Wildman–Crippen LogP) is 2.60. The maximum absolute atomic E-state index is 12.3. The smallest absolute Gasteiger partial charge is 0.327 e. The van der Waals surface area contributed by atoms with Gasteiger partial charge in [0, 0.05) is 19.6 Å². The van der Waals surface area contributed by atoms with E-state index in [0.29, 0.717) is 6.54 Å². The highest BCUT2D eigenvalue weighted by Crippen LogP contribution is 2.28. The number of para-hydroxylation sites is 1. The Balaban J connectivity index is 0.00000210.